The summed E-state index contributed by atoms with van der Waals surface area (Å²) in [5, 5.41) is 3.33. The van der Waals surface area contributed by atoms with Crippen LogP contribution in [-0.2, 0) is 0 Å². The highest BCUT2D eigenvalue weighted by Crippen LogP contribution is 2.42. The number of benzene rings is 2. The van der Waals surface area contributed by atoms with Crippen molar-refractivity contribution in [2.24, 2.45) is 5.92 Å². The second-order valence-corrected chi connectivity index (χ2v) is 7.58. The van der Waals surface area contributed by atoms with Crippen LogP contribution >= 0.6 is 27.5 Å². The topological polar surface area (TPSA) is 0 Å². The zero-order chi connectivity index (χ0) is 14.7. The highest BCUT2D eigenvalue weighted by atomic mass is 79.9. The number of halogens is 2. The maximum atomic E-state index is 6.35. The molecule has 3 rings (SSSR count). The molecule has 1 unspecified atom stereocenters. The van der Waals surface area contributed by atoms with Gasteiger partial charge in [0, 0.05) is 15.2 Å². The van der Waals surface area contributed by atoms with E-state index in [1.807, 2.05) is 0 Å². The predicted octanol–water partition coefficient (Wildman–Crippen LogP) is 7.29. The fraction of sp³-hybridized carbons (Fsp3) is 0.474. The van der Waals surface area contributed by atoms with Gasteiger partial charge in [0.25, 0.3) is 0 Å². The highest BCUT2D eigenvalue weighted by Gasteiger charge is 2.23. The van der Waals surface area contributed by atoms with E-state index in [1.165, 1.54) is 61.3 Å². The van der Waals surface area contributed by atoms with Crippen LogP contribution in [0.1, 0.15) is 55.3 Å². The smallest absolute Gasteiger partial charge is 0.0484 e. The Kier molecular flexibility index (Phi) is 5.24. The van der Waals surface area contributed by atoms with Crippen molar-refractivity contribution in [3.63, 3.8) is 0 Å². The van der Waals surface area contributed by atoms with E-state index in [-0.39, 0.29) is 0 Å². The van der Waals surface area contributed by atoms with Crippen molar-refractivity contribution in [3.05, 3.63) is 47.0 Å². The van der Waals surface area contributed by atoms with Gasteiger partial charge in [-0.25, -0.2) is 0 Å². The fourth-order valence-electron chi connectivity index (χ4n) is 3.56. The molecule has 1 atom stereocenters. The summed E-state index contributed by atoms with van der Waals surface area (Å²) in [6, 6.07) is 12.8. The molecule has 1 fully saturated rings. The molecule has 0 nitrogen and oxygen atoms in total. The van der Waals surface area contributed by atoms with Gasteiger partial charge in [0.05, 0.1) is 0 Å². The molecule has 0 amide bonds. The fourth-order valence-corrected chi connectivity index (χ4v) is 4.72. The van der Waals surface area contributed by atoms with Crippen LogP contribution in [0.25, 0.3) is 10.8 Å². The lowest BCUT2D eigenvalue weighted by molar-refractivity contribution is 0.375. The first-order valence-corrected chi connectivity index (χ1v) is 9.38. The minimum absolute atomic E-state index is 0.442. The van der Waals surface area contributed by atoms with Crippen molar-refractivity contribution in [2.75, 3.05) is 0 Å². The molecule has 2 aromatic carbocycles. The zero-order valence-electron chi connectivity index (χ0n) is 12.3. The molecule has 21 heavy (non-hydrogen) atoms. The Morgan fingerprint density at radius 3 is 2.19 bits per heavy atom. The molecule has 112 valence electrons. The van der Waals surface area contributed by atoms with Gasteiger partial charge in [0.15, 0.2) is 0 Å². The maximum absolute atomic E-state index is 6.35. The molecule has 1 aliphatic rings. The lowest BCUT2D eigenvalue weighted by atomic mass is 9.85. The van der Waals surface area contributed by atoms with E-state index in [9.17, 15) is 0 Å². The third-order valence-corrected chi connectivity index (χ3v) is 6.34. The van der Waals surface area contributed by atoms with Gasteiger partial charge >= 0.3 is 0 Å². The number of hydrogen-bond donors (Lipinski definition) is 0. The van der Waals surface area contributed by atoms with Crippen LogP contribution in [0.15, 0.2) is 36.4 Å². The van der Waals surface area contributed by atoms with Crippen LogP contribution < -0.4 is 0 Å². The molecule has 0 spiro atoms. The van der Waals surface area contributed by atoms with Gasteiger partial charge < -0.3 is 0 Å². The van der Waals surface area contributed by atoms with Crippen LogP contribution in [0.2, 0.25) is 5.02 Å². The Balaban J connectivity index is 1.93. The number of fused-ring (bicyclic) bond motifs is 1. The maximum Gasteiger partial charge on any atom is 0.0484 e. The zero-order valence-corrected chi connectivity index (χ0v) is 14.7. The standard InChI is InChI=1S/C19H22BrCl/c20-19(14-8-4-2-1-3-5-9-14)17-12-13-18(21)16-11-7-6-10-15(16)17/h6-7,10-14,19H,1-5,8-9H2. The first-order chi connectivity index (χ1) is 10.3. The molecule has 0 N–H and O–H groups in total. The summed E-state index contributed by atoms with van der Waals surface area (Å²) in [6.07, 6.45) is 9.65. The monoisotopic (exact) mass is 364 g/mol. The molecular weight excluding hydrogens is 344 g/mol. The van der Waals surface area contributed by atoms with Crippen molar-refractivity contribution in [2.45, 2.75) is 49.8 Å². The molecule has 2 aromatic rings. The van der Waals surface area contributed by atoms with E-state index < -0.39 is 0 Å². The third kappa shape index (κ3) is 3.46. The van der Waals surface area contributed by atoms with Gasteiger partial charge in [-0.05, 0) is 35.8 Å². The quantitative estimate of drug-likeness (QED) is 0.490. The minimum atomic E-state index is 0.442. The molecule has 0 bridgehead atoms. The Morgan fingerprint density at radius 2 is 1.48 bits per heavy atom. The van der Waals surface area contributed by atoms with Crippen molar-refractivity contribution in [3.8, 4) is 0 Å². The molecule has 2 heteroatoms. The van der Waals surface area contributed by atoms with Gasteiger partial charge in [0.2, 0.25) is 0 Å². The number of alkyl halides is 1. The molecular formula is C19H22BrCl. The van der Waals surface area contributed by atoms with Crippen molar-refractivity contribution in [1.82, 2.24) is 0 Å². The van der Waals surface area contributed by atoms with Gasteiger partial charge in [0.1, 0.15) is 0 Å². The molecule has 1 aliphatic carbocycles. The summed E-state index contributed by atoms with van der Waals surface area (Å²) in [4.78, 5) is 0.442. The van der Waals surface area contributed by atoms with Crippen molar-refractivity contribution in [1.29, 1.82) is 0 Å². The lowest BCUT2D eigenvalue weighted by Crippen LogP contribution is -2.10. The number of hydrogen-bond acceptors (Lipinski definition) is 0. The van der Waals surface area contributed by atoms with E-state index in [1.54, 1.807) is 0 Å². The first-order valence-electron chi connectivity index (χ1n) is 8.08. The highest BCUT2D eigenvalue weighted by molar-refractivity contribution is 9.09. The van der Waals surface area contributed by atoms with Crippen LogP contribution in [0.5, 0.6) is 0 Å². The number of rotatable bonds is 2. The van der Waals surface area contributed by atoms with Gasteiger partial charge in [-0.2, -0.15) is 0 Å². The van der Waals surface area contributed by atoms with Crippen LogP contribution in [0.4, 0.5) is 0 Å². The summed E-state index contributed by atoms with van der Waals surface area (Å²) in [7, 11) is 0. The first kappa shape index (κ1) is 15.4. The second-order valence-electron chi connectivity index (χ2n) is 6.19. The molecule has 0 aromatic heterocycles. The largest absolute Gasteiger partial charge is 0.0837 e. The van der Waals surface area contributed by atoms with E-state index >= 15 is 0 Å². The van der Waals surface area contributed by atoms with E-state index in [2.05, 4.69) is 52.3 Å². The minimum Gasteiger partial charge on any atom is -0.0837 e. The summed E-state index contributed by atoms with van der Waals surface area (Å²) >= 11 is 10.4. The van der Waals surface area contributed by atoms with Gasteiger partial charge in [-0.1, -0.05) is 90.0 Å². The van der Waals surface area contributed by atoms with E-state index in [0.717, 1.165) is 10.9 Å². The molecule has 0 radical (unpaired) electrons. The Bertz CT molecular complexity index is 600. The Labute approximate surface area is 141 Å². The van der Waals surface area contributed by atoms with Crippen LogP contribution in [0.3, 0.4) is 0 Å². The van der Waals surface area contributed by atoms with Crippen molar-refractivity contribution >= 4 is 38.3 Å². The molecule has 0 saturated heterocycles. The lowest BCUT2D eigenvalue weighted by Gasteiger charge is -2.26. The average molecular weight is 366 g/mol. The van der Waals surface area contributed by atoms with Crippen molar-refractivity contribution < 1.29 is 0 Å². The SMILES string of the molecule is Clc1ccc(C(Br)C2CCCCCCC2)c2ccccc12. The Morgan fingerprint density at radius 1 is 0.857 bits per heavy atom. The summed E-state index contributed by atoms with van der Waals surface area (Å²) in [6.45, 7) is 0. The third-order valence-electron chi connectivity index (χ3n) is 4.77. The van der Waals surface area contributed by atoms with E-state index in [0.29, 0.717) is 4.83 Å². The van der Waals surface area contributed by atoms with Gasteiger partial charge in [-0.3, -0.25) is 0 Å². The molecule has 1 saturated carbocycles. The summed E-state index contributed by atoms with van der Waals surface area (Å²) < 4.78 is 0. The summed E-state index contributed by atoms with van der Waals surface area (Å²) in [5.41, 5.74) is 1.40. The van der Waals surface area contributed by atoms with Crippen LogP contribution in [-0.4, -0.2) is 0 Å². The predicted molar refractivity (Wildman–Crippen MR) is 96.4 cm³/mol. The van der Waals surface area contributed by atoms with Gasteiger partial charge in [-0.15, -0.1) is 0 Å². The van der Waals surface area contributed by atoms with E-state index in [4.69, 9.17) is 11.6 Å². The molecule has 0 aliphatic heterocycles. The van der Waals surface area contributed by atoms with Crippen LogP contribution in [0, 0.1) is 5.92 Å². The average Bonchev–Trinajstić information content (AvgIpc) is 2.47. The second kappa shape index (κ2) is 7.15. The summed E-state index contributed by atoms with van der Waals surface area (Å²) in [5.74, 6) is 0.745. The Hall–Kier alpha value is -0.530. The molecule has 0 heterocycles. The normalized spacial score (nSPS) is 19.1.